The van der Waals surface area contributed by atoms with Crippen molar-refractivity contribution in [3.8, 4) is 0 Å². The summed E-state index contributed by atoms with van der Waals surface area (Å²) >= 11 is 0. The third-order valence-electron chi connectivity index (χ3n) is 3.36. The fourth-order valence-corrected chi connectivity index (χ4v) is 1.80. The van der Waals surface area contributed by atoms with Gasteiger partial charge in [0, 0.05) is 6.04 Å². The van der Waals surface area contributed by atoms with Crippen LogP contribution in [0.15, 0.2) is 10.5 Å². The van der Waals surface area contributed by atoms with Gasteiger partial charge in [0.15, 0.2) is 0 Å². The average Bonchev–Trinajstić information content (AvgIpc) is 2.65. The molecule has 0 fully saturated rings. The minimum absolute atomic E-state index is 0.595. The van der Waals surface area contributed by atoms with Crippen LogP contribution >= 0.6 is 0 Å². The third kappa shape index (κ3) is 4.17. The van der Waals surface area contributed by atoms with E-state index < -0.39 is 0 Å². The van der Waals surface area contributed by atoms with E-state index in [1.165, 1.54) is 12.0 Å². The van der Waals surface area contributed by atoms with Crippen molar-refractivity contribution in [2.75, 3.05) is 13.6 Å². The Hall–Kier alpha value is -0.800. The molecule has 17 heavy (non-hydrogen) atoms. The van der Waals surface area contributed by atoms with E-state index in [0.717, 1.165) is 31.2 Å². The Labute approximate surface area is 105 Å². The minimum Gasteiger partial charge on any atom is -0.463 e. The molecular weight excluding hydrogens is 212 g/mol. The highest BCUT2D eigenvalue weighted by Gasteiger charge is 2.12. The van der Waals surface area contributed by atoms with Gasteiger partial charge in [-0.05, 0) is 45.5 Å². The van der Waals surface area contributed by atoms with E-state index in [1.807, 2.05) is 0 Å². The van der Waals surface area contributed by atoms with Gasteiger partial charge in [0.05, 0.1) is 13.1 Å². The van der Waals surface area contributed by atoms with Gasteiger partial charge in [-0.25, -0.2) is 0 Å². The second-order valence-electron chi connectivity index (χ2n) is 4.77. The van der Waals surface area contributed by atoms with Gasteiger partial charge >= 0.3 is 0 Å². The molecule has 0 amide bonds. The molecule has 3 heteroatoms. The quantitative estimate of drug-likeness (QED) is 0.791. The van der Waals surface area contributed by atoms with Crippen molar-refractivity contribution in [3.05, 3.63) is 23.2 Å². The van der Waals surface area contributed by atoms with Crippen molar-refractivity contribution < 1.29 is 4.42 Å². The van der Waals surface area contributed by atoms with Gasteiger partial charge in [0.2, 0.25) is 0 Å². The highest BCUT2D eigenvalue weighted by Crippen LogP contribution is 2.17. The number of rotatable bonds is 7. The number of nitrogens with zero attached hydrogens (tertiary/aromatic N) is 1. The van der Waals surface area contributed by atoms with E-state index in [4.69, 9.17) is 4.42 Å². The lowest BCUT2D eigenvalue weighted by molar-refractivity contribution is 0.222. The first-order valence-corrected chi connectivity index (χ1v) is 6.57. The first-order chi connectivity index (χ1) is 8.08. The summed E-state index contributed by atoms with van der Waals surface area (Å²) in [5.74, 6) is 2.14. The van der Waals surface area contributed by atoms with Crippen molar-refractivity contribution in [3.63, 3.8) is 0 Å². The Kier molecular flexibility index (Phi) is 5.72. The molecule has 1 aromatic rings. The van der Waals surface area contributed by atoms with Crippen LogP contribution in [0.1, 0.15) is 44.3 Å². The minimum atomic E-state index is 0.595. The van der Waals surface area contributed by atoms with E-state index in [1.54, 1.807) is 0 Å². The van der Waals surface area contributed by atoms with Gasteiger partial charge in [-0.2, -0.15) is 0 Å². The maximum absolute atomic E-state index is 5.88. The Balaban J connectivity index is 2.60. The lowest BCUT2D eigenvalue weighted by atomic mass is 10.2. The van der Waals surface area contributed by atoms with Gasteiger partial charge in [-0.1, -0.05) is 13.8 Å². The third-order valence-corrected chi connectivity index (χ3v) is 3.36. The van der Waals surface area contributed by atoms with Gasteiger partial charge in [0.25, 0.3) is 0 Å². The lowest BCUT2D eigenvalue weighted by Crippen LogP contribution is -2.27. The normalized spacial score (nSPS) is 13.3. The van der Waals surface area contributed by atoms with Gasteiger partial charge in [-0.3, -0.25) is 4.90 Å². The fourth-order valence-electron chi connectivity index (χ4n) is 1.80. The zero-order chi connectivity index (χ0) is 12.8. The molecule has 0 bridgehead atoms. The fraction of sp³-hybridized carbons (Fsp3) is 0.714. The zero-order valence-electron chi connectivity index (χ0n) is 11.8. The Bertz CT molecular complexity index is 333. The van der Waals surface area contributed by atoms with Crippen molar-refractivity contribution >= 4 is 0 Å². The molecular formula is C14H26N2O. The van der Waals surface area contributed by atoms with E-state index >= 15 is 0 Å². The van der Waals surface area contributed by atoms with Crippen LogP contribution in [0, 0.1) is 6.92 Å². The summed E-state index contributed by atoms with van der Waals surface area (Å²) in [5.41, 5.74) is 1.25. The summed E-state index contributed by atoms with van der Waals surface area (Å²) in [6.07, 6.45) is 1.17. The summed E-state index contributed by atoms with van der Waals surface area (Å²) in [7, 11) is 2.15. The second-order valence-corrected chi connectivity index (χ2v) is 4.77. The van der Waals surface area contributed by atoms with Crippen LogP contribution in [0.2, 0.25) is 0 Å². The molecule has 0 saturated heterocycles. The number of nitrogens with one attached hydrogen (secondary N) is 1. The monoisotopic (exact) mass is 238 g/mol. The molecule has 0 radical (unpaired) electrons. The molecule has 98 valence electrons. The maximum atomic E-state index is 5.88. The highest BCUT2D eigenvalue weighted by atomic mass is 16.3. The topological polar surface area (TPSA) is 28.4 Å². The van der Waals surface area contributed by atoms with E-state index in [2.05, 4.69) is 51.0 Å². The van der Waals surface area contributed by atoms with Crippen LogP contribution in [0.3, 0.4) is 0 Å². The smallest absolute Gasteiger partial charge is 0.120 e. The number of furan rings is 1. The van der Waals surface area contributed by atoms with Crippen LogP contribution in [0.5, 0.6) is 0 Å². The molecule has 3 nitrogen and oxygen atoms in total. The van der Waals surface area contributed by atoms with Gasteiger partial charge in [-0.15, -0.1) is 0 Å². The number of hydrogen-bond acceptors (Lipinski definition) is 3. The number of aryl methyl sites for hydroxylation is 1. The Morgan fingerprint density at radius 1 is 1.41 bits per heavy atom. The zero-order valence-corrected chi connectivity index (χ0v) is 11.8. The molecule has 0 spiro atoms. The van der Waals surface area contributed by atoms with Crippen LogP contribution in [-0.2, 0) is 13.1 Å². The predicted octanol–water partition coefficient (Wildman–Crippen LogP) is 2.93. The van der Waals surface area contributed by atoms with Crippen LogP contribution in [0.4, 0.5) is 0 Å². The molecule has 0 aliphatic rings. The molecule has 1 unspecified atom stereocenters. The number of hydrogen-bond donors (Lipinski definition) is 1. The molecule has 1 N–H and O–H groups in total. The van der Waals surface area contributed by atoms with Crippen molar-refractivity contribution in [1.82, 2.24) is 10.2 Å². The summed E-state index contributed by atoms with van der Waals surface area (Å²) in [4.78, 5) is 2.33. The Morgan fingerprint density at radius 2 is 2.12 bits per heavy atom. The first-order valence-electron chi connectivity index (χ1n) is 6.57. The molecule has 1 rings (SSSR count). The second kappa shape index (κ2) is 6.82. The Morgan fingerprint density at radius 3 is 2.71 bits per heavy atom. The summed E-state index contributed by atoms with van der Waals surface area (Å²) in [5, 5.41) is 3.30. The van der Waals surface area contributed by atoms with Crippen LogP contribution in [0.25, 0.3) is 0 Å². The van der Waals surface area contributed by atoms with Crippen LogP contribution in [-0.4, -0.2) is 24.5 Å². The highest BCUT2D eigenvalue weighted by molar-refractivity contribution is 5.20. The van der Waals surface area contributed by atoms with Crippen molar-refractivity contribution in [1.29, 1.82) is 0 Å². The molecule has 0 aliphatic heterocycles. The summed E-state index contributed by atoms with van der Waals surface area (Å²) < 4.78 is 5.88. The SMILES string of the molecule is CCNCc1oc(CN(C)C(C)CC)cc1C. The first kappa shape index (κ1) is 14.3. The van der Waals surface area contributed by atoms with E-state index in [0.29, 0.717) is 6.04 Å². The average molecular weight is 238 g/mol. The molecule has 0 saturated carbocycles. The molecule has 0 aliphatic carbocycles. The standard InChI is InChI=1S/C14H26N2O/c1-6-12(4)16(5)10-13-8-11(3)14(17-13)9-15-7-2/h8,12,15H,6-7,9-10H2,1-5H3. The summed E-state index contributed by atoms with van der Waals surface area (Å²) in [6.45, 7) is 11.4. The van der Waals surface area contributed by atoms with Gasteiger partial charge in [0.1, 0.15) is 11.5 Å². The van der Waals surface area contributed by atoms with Gasteiger partial charge < -0.3 is 9.73 Å². The largest absolute Gasteiger partial charge is 0.463 e. The molecule has 1 aromatic heterocycles. The molecule has 0 aromatic carbocycles. The van der Waals surface area contributed by atoms with Crippen molar-refractivity contribution in [2.24, 2.45) is 0 Å². The summed E-state index contributed by atoms with van der Waals surface area (Å²) in [6, 6.07) is 2.75. The predicted molar refractivity (Wildman–Crippen MR) is 72.0 cm³/mol. The molecule has 1 atom stereocenters. The van der Waals surface area contributed by atoms with E-state index in [-0.39, 0.29) is 0 Å². The van der Waals surface area contributed by atoms with E-state index in [9.17, 15) is 0 Å². The van der Waals surface area contributed by atoms with Crippen LogP contribution < -0.4 is 5.32 Å². The molecule has 1 heterocycles. The lowest BCUT2D eigenvalue weighted by Gasteiger charge is -2.22. The van der Waals surface area contributed by atoms with Crippen molar-refractivity contribution in [2.45, 2.75) is 53.2 Å². The maximum Gasteiger partial charge on any atom is 0.120 e.